The Kier molecular flexibility index (Phi) is 33.4. The van der Waals surface area contributed by atoms with Crippen LogP contribution in [0.3, 0.4) is 0 Å². The number of terminal acetylenes is 4. The molecule has 3 aliphatic rings. The van der Waals surface area contributed by atoms with Gasteiger partial charge in [-0.3, -0.25) is 20.0 Å². The van der Waals surface area contributed by atoms with E-state index in [1.165, 1.54) is 89.5 Å². The molecule has 83 heavy (non-hydrogen) atoms. The zero-order chi connectivity index (χ0) is 59.9. The highest BCUT2D eigenvalue weighted by Gasteiger charge is 2.35. The minimum atomic E-state index is 0.433. The van der Waals surface area contributed by atoms with E-state index in [9.17, 15) is 0 Å². The molecule has 0 aromatic heterocycles. The van der Waals surface area contributed by atoms with Crippen molar-refractivity contribution in [2.45, 2.75) is 127 Å². The molecule has 2 fully saturated rings. The van der Waals surface area contributed by atoms with Gasteiger partial charge in [0.15, 0.2) is 0 Å². The number of unbranched alkanes of at least 4 members (excludes halogenated alkanes) is 1. The average Bonchev–Trinajstić information content (AvgIpc) is 4.55. The minimum Gasteiger partial charge on any atom is -0.327 e. The molecule has 5 N–H and O–H groups in total. The number of fused-ring (bicyclic) bond motifs is 1. The van der Waals surface area contributed by atoms with Crippen LogP contribution in [0.2, 0.25) is 0 Å². The van der Waals surface area contributed by atoms with E-state index in [4.69, 9.17) is 37.2 Å². The second-order valence-corrected chi connectivity index (χ2v) is 22.0. The number of aryl methyl sites for hydroxylation is 2. The zero-order valence-electron chi connectivity index (χ0n) is 50.9. The molecule has 0 aliphatic heterocycles. The Morgan fingerprint density at radius 2 is 0.867 bits per heavy atom. The molecule has 434 valence electrons. The zero-order valence-corrected chi connectivity index (χ0v) is 50.9. The summed E-state index contributed by atoms with van der Waals surface area (Å²) in [6, 6.07) is 73.8. The highest BCUT2D eigenvalue weighted by atomic mass is 15.1. The molecule has 0 heterocycles. The summed E-state index contributed by atoms with van der Waals surface area (Å²) in [4.78, 5) is 6.48. The molecule has 10 rings (SSSR count). The summed E-state index contributed by atoms with van der Waals surface area (Å²) >= 11 is 0. The van der Waals surface area contributed by atoms with Crippen LogP contribution >= 0.6 is 0 Å². The number of rotatable bonds is 18. The normalized spacial score (nSPS) is 17.1. The lowest BCUT2D eigenvalue weighted by Crippen LogP contribution is -2.31. The van der Waals surface area contributed by atoms with Crippen molar-refractivity contribution in [3.05, 3.63) is 251 Å². The van der Waals surface area contributed by atoms with Crippen LogP contribution in [-0.4, -0.2) is 86.2 Å². The van der Waals surface area contributed by atoms with Crippen LogP contribution in [0.15, 0.2) is 206 Å². The number of nitrogens with two attached hydrogens (primary N) is 2. The van der Waals surface area contributed by atoms with Crippen molar-refractivity contribution in [1.29, 1.82) is 0 Å². The monoisotopic (exact) mass is 1100 g/mol. The smallest absolute Gasteiger partial charge is 0.0599 e. The first-order valence-electron chi connectivity index (χ1n) is 29.8. The first-order valence-corrected chi connectivity index (χ1v) is 29.8. The molecule has 0 saturated heterocycles. The van der Waals surface area contributed by atoms with Crippen molar-refractivity contribution >= 4 is 0 Å². The fourth-order valence-electron chi connectivity index (χ4n) is 9.50. The number of benzene rings is 7. The van der Waals surface area contributed by atoms with Crippen LogP contribution in [0.1, 0.15) is 115 Å². The Bertz CT molecular complexity index is 2800. The molecule has 3 aliphatic carbocycles. The lowest BCUT2D eigenvalue weighted by Gasteiger charge is -2.22. The van der Waals surface area contributed by atoms with Crippen LogP contribution in [0.4, 0.5) is 0 Å². The van der Waals surface area contributed by atoms with E-state index < -0.39 is 0 Å². The Morgan fingerprint density at radius 3 is 1.25 bits per heavy atom. The van der Waals surface area contributed by atoms with E-state index >= 15 is 0 Å². The van der Waals surface area contributed by atoms with Crippen molar-refractivity contribution in [2.75, 3.05) is 47.3 Å². The first kappa shape index (κ1) is 68.0. The Labute approximate surface area is 503 Å². The molecule has 0 unspecified atom stereocenters. The lowest BCUT2D eigenvalue weighted by molar-refractivity contribution is 0.287. The SMILES string of the molecule is C#CCN(C)Cc1ccccc1.C#CCN(C)[C@@H](C)Cc1ccccc1.C#CCN(C)[C@H](C)Cc1ccccc1.C#CCN[C@@H]1CCc2ccccc21.CCCCc1ccccc1.N[C@@H]1C[C@H]1c1ccccc1.N[C@H]1C[C@@H]1c1ccccc1. The molecule has 6 heteroatoms. The quantitative estimate of drug-likeness (QED) is 0.0744. The van der Waals surface area contributed by atoms with Gasteiger partial charge in [-0.05, 0) is 131 Å². The highest BCUT2D eigenvalue weighted by molar-refractivity contribution is 5.34. The van der Waals surface area contributed by atoms with Crippen LogP contribution in [0.25, 0.3) is 0 Å². The summed E-state index contributed by atoms with van der Waals surface area (Å²) in [6.07, 6.45) is 31.6. The van der Waals surface area contributed by atoms with Gasteiger partial charge >= 0.3 is 0 Å². The molecular formula is C77H96N6. The molecule has 2 saturated carbocycles. The summed E-state index contributed by atoms with van der Waals surface area (Å²) < 4.78 is 0. The largest absolute Gasteiger partial charge is 0.327 e. The maximum atomic E-state index is 5.70. The topological polar surface area (TPSA) is 73.8 Å². The number of nitrogens with zero attached hydrogens (tertiary/aromatic N) is 3. The summed E-state index contributed by atoms with van der Waals surface area (Å²) in [6.45, 7) is 10.3. The van der Waals surface area contributed by atoms with Gasteiger partial charge in [-0.1, -0.05) is 243 Å². The number of nitrogens with one attached hydrogen (secondary N) is 1. The van der Waals surface area contributed by atoms with E-state index in [-0.39, 0.29) is 0 Å². The summed E-state index contributed by atoms with van der Waals surface area (Å²) in [5.41, 5.74) is 22.6. The van der Waals surface area contributed by atoms with Crippen molar-refractivity contribution < 1.29 is 0 Å². The van der Waals surface area contributed by atoms with E-state index in [0.29, 0.717) is 68.2 Å². The minimum absolute atomic E-state index is 0.433. The fourth-order valence-corrected chi connectivity index (χ4v) is 9.50. The van der Waals surface area contributed by atoms with E-state index in [2.05, 4.69) is 242 Å². The average molecular weight is 1110 g/mol. The predicted molar refractivity (Wildman–Crippen MR) is 357 cm³/mol. The molecular weight excluding hydrogens is 1010 g/mol. The second kappa shape index (κ2) is 40.7. The van der Waals surface area contributed by atoms with Crippen LogP contribution in [0, 0.1) is 49.4 Å². The lowest BCUT2D eigenvalue weighted by atomic mass is 10.1. The molecule has 7 atom stereocenters. The number of hydrogen-bond donors (Lipinski definition) is 3. The highest BCUT2D eigenvalue weighted by Crippen LogP contribution is 2.39. The third kappa shape index (κ3) is 28.4. The van der Waals surface area contributed by atoms with Gasteiger partial charge in [-0.2, -0.15) is 0 Å². The molecule has 0 amide bonds. The summed E-state index contributed by atoms with van der Waals surface area (Å²) in [7, 11) is 6.15. The standard InChI is InChI=1S/2C13H17N.C12H13N.C11H13N.C10H14.2C9H11N/c2*1-4-10-14(3)12(2)11-13-8-6-5-7-9-13;1-2-9-13-12-8-7-10-5-3-4-6-11(10)12;1-3-9-12(2)10-11-7-5-4-6-8-11;1-2-3-7-10-8-5-4-6-9-10;2*10-9-6-8(9)7-4-2-1-3-5-7/h2*1,5-9,12H,10-11H2,2-3H3;1,3-6,12-13H,7-9H2;1,4-8H,9-10H2,2H3;4-6,8-9H,2-3,7H2,1H3;2*1-5,8-9H,6,10H2/t3*12-;;;2*8-,9+/m101..10/s1. The fraction of sp³-hybridized carbons (Fsp3) is 0.351. The van der Waals surface area contributed by atoms with Gasteiger partial charge in [0.2, 0.25) is 0 Å². The van der Waals surface area contributed by atoms with E-state index in [1.807, 2.05) is 49.5 Å². The van der Waals surface area contributed by atoms with Gasteiger partial charge < -0.3 is 11.5 Å². The Morgan fingerprint density at radius 1 is 0.494 bits per heavy atom. The van der Waals surface area contributed by atoms with Gasteiger partial charge in [0.05, 0.1) is 26.2 Å². The maximum absolute atomic E-state index is 5.70. The number of hydrogen-bond acceptors (Lipinski definition) is 6. The number of likely N-dealkylation sites (N-methyl/N-ethyl adjacent to an activating group) is 2. The molecule has 7 aromatic rings. The van der Waals surface area contributed by atoms with Crippen molar-refractivity contribution in [3.8, 4) is 49.4 Å². The second-order valence-electron chi connectivity index (χ2n) is 22.0. The third-order valence-corrected chi connectivity index (χ3v) is 15.0. The molecule has 0 spiro atoms. The van der Waals surface area contributed by atoms with E-state index in [1.54, 1.807) is 0 Å². The van der Waals surface area contributed by atoms with Gasteiger partial charge in [0.25, 0.3) is 0 Å². The predicted octanol–water partition coefficient (Wildman–Crippen LogP) is 14.0. The first-order chi connectivity index (χ1) is 40.4. The maximum Gasteiger partial charge on any atom is 0.0599 e. The van der Waals surface area contributed by atoms with Gasteiger partial charge in [0.1, 0.15) is 0 Å². The van der Waals surface area contributed by atoms with Crippen LogP contribution in [-0.2, 0) is 32.2 Å². The third-order valence-electron chi connectivity index (χ3n) is 15.0. The van der Waals surface area contributed by atoms with Crippen molar-refractivity contribution in [2.24, 2.45) is 11.5 Å². The molecule has 7 aromatic carbocycles. The van der Waals surface area contributed by atoms with Gasteiger partial charge in [-0.15, -0.1) is 25.7 Å². The Balaban J connectivity index is 0.000000209. The summed E-state index contributed by atoms with van der Waals surface area (Å²) in [5, 5.41) is 3.35. The molecule has 6 nitrogen and oxygen atoms in total. The van der Waals surface area contributed by atoms with Gasteiger partial charge in [0, 0.05) is 48.6 Å². The van der Waals surface area contributed by atoms with E-state index in [0.717, 1.165) is 19.4 Å². The van der Waals surface area contributed by atoms with Crippen LogP contribution in [0.5, 0.6) is 0 Å². The molecule has 0 radical (unpaired) electrons. The van der Waals surface area contributed by atoms with Crippen molar-refractivity contribution in [1.82, 2.24) is 20.0 Å². The Hall–Kier alpha value is -7.46. The van der Waals surface area contributed by atoms with Gasteiger partial charge in [-0.25, -0.2) is 0 Å². The summed E-state index contributed by atoms with van der Waals surface area (Å²) in [5.74, 6) is 11.9. The molecule has 0 bridgehead atoms. The van der Waals surface area contributed by atoms with Crippen molar-refractivity contribution in [3.63, 3.8) is 0 Å². The van der Waals surface area contributed by atoms with Crippen LogP contribution < -0.4 is 16.8 Å².